The first-order valence-corrected chi connectivity index (χ1v) is 4.55. The molecule has 0 saturated heterocycles. The maximum Gasteiger partial charge on any atom is 0.165 e. The summed E-state index contributed by atoms with van der Waals surface area (Å²) in [6, 6.07) is 4.09. The summed E-state index contributed by atoms with van der Waals surface area (Å²) in [7, 11) is 0. The van der Waals surface area contributed by atoms with E-state index in [1.807, 2.05) is 0 Å². The van der Waals surface area contributed by atoms with Gasteiger partial charge in [0.2, 0.25) is 0 Å². The fourth-order valence-electron chi connectivity index (χ4n) is 1.60. The highest BCUT2D eigenvalue weighted by Gasteiger charge is 2.25. The van der Waals surface area contributed by atoms with Gasteiger partial charge in [-0.2, -0.15) is 0 Å². The van der Waals surface area contributed by atoms with Gasteiger partial charge < -0.3 is 15.6 Å². The highest BCUT2D eigenvalue weighted by atomic mass is 19.1. The molecule has 3 N–H and O–H groups in total. The average molecular weight is 197 g/mol. The third-order valence-corrected chi connectivity index (χ3v) is 2.42. The Morgan fingerprint density at radius 3 is 3.07 bits per heavy atom. The zero-order chi connectivity index (χ0) is 10.1. The second kappa shape index (κ2) is 3.55. The molecule has 0 saturated carbocycles. The minimum Gasteiger partial charge on any atom is -0.490 e. The molecule has 3 nitrogen and oxygen atoms in total. The monoisotopic (exact) mass is 197 g/mol. The average Bonchev–Trinajstić information content (AvgIpc) is 2.31. The number of aliphatic hydroxyl groups excluding tert-OH is 1. The van der Waals surface area contributed by atoms with Crippen LogP contribution in [0.4, 0.5) is 4.39 Å². The normalized spacial score (nSPS) is 26.2. The Labute approximate surface area is 81.3 Å². The van der Waals surface area contributed by atoms with E-state index in [-0.39, 0.29) is 5.75 Å². The van der Waals surface area contributed by atoms with Gasteiger partial charge in [-0.1, -0.05) is 12.1 Å². The standard InChI is InChI=1S/C10H12FNO2/c11-7-3-1-2-6-9(13)8(12)4-5-14-10(6)7/h1-3,8-9,13H,4-5,12H2/t8-,9+/m1/s1. The summed E-state index contributed by atoms with van der Waals surface area (Å²) in [4.78, 5) is 0. The summed E-state index contributed by atoms with van der Waals surface area (Å²) in [5.74, 6) is -0.316. The molecule has 0 fully saturated rings. The van der Waals surface area contributed by atoms with Crippen molar-refractivity contribution in [1.29, 1.82) is 0 Å². The minimum atomic E-state index is -0.844. The van der Waals surface area contributed by atoms with Crippen molar-refractivity contribution in [1.82, 2.24) is 0 Å². The van der Waals surface area contributed by atoms with Gasteiger partial charge in [-0.05, 0) is 12.5 Å². The number of hydrogen-bond donors (Lipinski definition) is 2. The maximum absolute atomic E-state index is 13.3. The van der Waals surface area contributed by atoms with Gasteiger partial charge in [-0.15, -0.1) is 0 Å². The molecule has 1 aliphatic heterocycles. The third-order valence-electron chi connectivity index (χ3n) is 2.42. The van der Waals surface area contributed by atoms with Crippen LogP contribution in [0.1, 0.15) is 18.1 Å². The highest BCUT2D eigenvalue weighted by Crippen LogP contribution is 2.32. The van der Waals surface area contributed by atoms with Crippen LogP contribution < -0.4 is 10.5 Å². The SMILES string of the molecule is N[C@@H]1CCOc2c(F)cccc2[C@@H]1O. The molecule has 0 radical (unpaired) electrons. The smallest absolute Gasteiger partial charge is 0.165 e. The van der Waals surface area contributed by atoms with Crippen LogP contribution in [0.25, 0.3) is 0 Å². The molecule has 0 spiro atoms. The number of benzene rings is 1. The topological polar surface area (TPSA) is 55.5 Å². The zero-order valence-corrected chi connectivity index (χ0v) is 7.61. The lowest BCUT2D eigenvalue weighted by atomic mass is 10.0. The molecule has 4 heteroatoms. The van der Waals surface area contributed by atoms with Crippen molar-refractivity contribution in [2.75, 3.05) is 6.61 Å². The fourth-order valence-corrected chi connectivity index (χ4v) is 1.60. The Morgan fingerprint density at radius 1 is 1.50 bits per heavy atom. The van der Waals surface area contributed by atoms with E-state index in [1.54, 1.807) is 12.1 Å². The number of fused-ring (bicyclic) bond motifs is 1. The van der Waals surface area contributed by atoms with E-state index < -0.39 is 18.0 Å². The molecule has 1 heterocycles. The lowest BCUT2D eigenvalue weighted by molar-refractivity contribution is 0.144. The van der Waals surface area contributed by atoms with Gasteiger partial charge in [-0.3, -0.25) is 0 Å². The van der Waals surface area contributed by atoms with Crippen LogP contribution >= 0.6 is 0 Å². The van der Waals surface area contributed by atoms with Gasteiger partial charge >= 0.3 is 0 Å². The van der Waals surface area contributed by atoms with Gasteiger partial charge in [-0.25, -0.2) is 4.39 Å². The van der Waals surface area contributed by atoms with Crippen molar-refractivity contribution >= 4 is 0 Å². The molecule has 2 atom stereocenters. The van der Waals surface area contributed by atoms with Crippen LogP contribution in [0.5, 0.6) is 5.75 Å². The summed E-state index contributed by atoms with van der Waals surface area (Å²) >= 11 is 0. The molecule has 14 heavy (non-hydrogen) atoms. The van der Waals surface area contributed by atoms with E-state index in [2.05, 4.69) is 0 Å². The Balaban J connectivity index is 2.48. The molecule has 1 aliphatic rings. The second-order valence-electron chi connectivity index (χ2n) is 3.40. The van der Waals surface area contributed by atoms with Crippen molar-refractivity contribution in [2.45, 2.75) is 18.6 Å². The number of hydrogen-bond acceptors (Lipinski definition) is 3. The zero-order valence-electron chi connectivity index (χ0n) is 7.61. The largest absolute Gasteiger partial charge is 0.490 e. The Morgan fingerprint density at radius 2 is 2.29 bits per heavy atom. The predicted octanol–water partition coefficient (Wildman–Crippen LogP) is 0.969. The van der Waals surface area contributed by atoms with E-state index in [4.69, 9.17) is 10.5 Å². The molecule has 2 rings (SSSR count). The van der Waals surface area contributed by atoms with E-state index in [1.165, 1.54) is 6.07 Å². The molecular formula is C10H12FNO2. The number of rotatable bonds is 0. The number of para-hydroxylation sites is 1. The first-order chi connectivity index (χ1) is 6.70. The van der Waals surface area contributed by atoms with Gasteiger partial charge in [0.15, 0.2) is 11.6 Å². The van der Waals surface area contributed by atoms with Crippen molar-refractivity contribution in [3.8, 4) is 5.75 Å². The van der Waals surface area contributed by atoms with Crippen molar-refractivity contribution < 1.29 is 14.2 Å². The van der Waals surface area contributed by atoms with Crippen molar-refractivity contribution in [3.63, 3.8) is 0 Å². The number of ether oxygens (including phenoxy) is 1. The third kappa shape index (κ3) is 1.47. The van der Waals surface area contributed by atoms with Crippen LogP contribution in [-0.2, 0) is 0 Å². The second-order valence-corrected chi connectivity index (χ2v) is 3.40. The lowest BCUT2D eigenvalue weighted by Gasteiger charge is -2.15. The summed E-state index contributed by atoms with van der Waals surface area (Å²) in [6.45, 7) is 0.339. The minimum absolute atomic E-state index is 0.132. The summed E-state index contributed by atoms with van der Waals surface area (Å²) < 4.78 is 18.5. The number of nitrogens with two attached hydrogens (primary N) is 1. The molecule has 0 aromatic heterocycles. The van der Waals surface area contributed by atoms with Crippen LogP contribution in [0.15, 0.2) is 18.2 Å². The molecule has 0 unspecified atom stereocenters. The number of halogens is 1. The summed E-state index contributed by atoms with van der Waals surface area (Å²) in [6.07, 6.45) is -0.321. The predicted molar refractivity (Wildman–Crippen MR) is 49.4 cm³/mol. The molecule has 0 amide bonds. The highest BCUT2D eigenvalue weighted by molar-refractivity contribution is 5.38. The van der Waals surface area contributed by atoms with Crippen LogP contribution in [0.3, 0.4) is 0 Å². The molecule has 0 aliphatic carbocycles. The summed E-state index contributed by atoms with van der Waals surface area (Å²) in [5.41, 5.74) is 6.13. The van der Waals surface area contributed by atoms with Gasteiger partial charge in [0.25, 0.3) is 0 Å². The molecule has 0 bridgehead atoms. The lowest BCUT2D eigenvalue weighted by Crippen LogP contribution is -2.28. The Kier molecular flexibility index (Phi) is 2.39. The van der Waals surface area contributed by atoms with Gasteiger partial charge in [0.1, 0.15) is 0 Å². The maximum atomic E-state index is 13.3. The first-order valence-electron chi connectivity index (χ1n) is 4.55. The van der Waals surface area contributed by atoms with Gasteiger partial charge in [0.05, 0.1) is 12.7 Å². The van der Waals surface area contributed by atoms with Crippen molar-refractivity contribution in [2.24, 2.45) is 5.73 Å². The van der Waals surface area contributed by atoms with Crippen LogP contribution in [-0.4, -0.2) is 17.8 Å². The van der Waals surface area contributed by atoms with E-state index in [9.17, 15) is 9.50 Å². The molecule has 1 aromatic rings. The molecule has 76 valence electrons. The van der Waals surface area contributed by atoms with E-state index in [0.29, 0.717) is 18.6 Å². The Hall–Kier alpha value is -1.13. The quantitative estimate of drug-likeness (QED) is 0.651. The molecule has 1 aromatic carbocycles. The van der Waals surface area contributed by atoms with Crippen LogP contribution in [0.2, 0.25) is 0 Å². The summed E-state index contributed by atoms with van der Waals surface area (Å²) in [5, 5.41) is 9.76. The van der Waals surface area contributed by atoms with E-state index in [0.717, 1.165) is 0 Å². The molecular weight excluding hydrogens is 185 g/mol. The van der Waals surface area contributed by atoms with Crippen molar-refractivity contribution in [3.05, 3.63) is 29.6 Å². The van der Waals surface area contributed by atoms with Gasteiger partial charge in [0, 0.05) is 11.6 Å². The fraction of sp³-hybridized carbons (Fsp3) is 0.400. The van der Waals surface area contributed by atoms with E-state index >= 15 is 0 Å². The Bertz CT molecular complexity index is 343. The first kappa shape index (κ1) is 9.43. The van der Waals surface area contributed by atoms with Crippen LogP contribution in [0, 0.1) is 5.82 Å². The number of aliphatic hydroxyl groups is 1.